The van der Waals surface area contributed by atoms with Gasteiger partial charge in [0, 0.05) is 6.54 Å². The first-order valence-electron chi connectivity index (χ1n) is 6.57. The van der Waals surface area contributed by atoms with E-state index in [2.05, 4.69) is 62.4 Å². The average molecular weight is 276 g/mol. The molecule has 2 N–H and O–H groups in total. The minimum atomic E-state index is 0. The third-order valence-electron chi connectivity index (χ3n) is 3.12. The minimum Gasteiger partial charge on any atom is -0.326 e. The summed E-state index contributed by atoms with van der Waals surface area (Å²) in [5, 5.41) is 0. The van der Waals surface area contributed by atoms with Crippen molar-refractivity contribution >= 4 is 12.4 Å². The summed E-state index contributed by atoms with van der Waals surface area (Å²) in [5.74, 6) is 0.708. The van der Waals surface area contributed by atoms with Crippen LogP contribution in [0.2, 0.25) is 0 Å². The van der Waals surface area contributed by atoms with E-state index in [1.807, 2.05) is 0 Å². The molecule has 0 spiro atoms. The molecule has 0 aliphatic rings. The van der Waals surface area contributed by atoms with Crippen LogP contribution in [-0.2, 0) is 13.0 Å². The Kier molecular flexibility index (Phi) is 6.07. The van der Waals surface area contributed by atoms with Crippen LogP contribution in [0.5, 0.6) is 0 Å². The van der Waals surface area contributed by atoms with Gasteiger partial charge in [-0.3, -0.25) is 0 Å². The number of halogens is 1. The Bertz CT molecular complexity index is 486. The number of hydrogen-bond acceptors (Lipinski definition) is 1. The van der Waals surface area contributed by atoms with E-state index in [-0.39, 0.29) is 12.4 Å². The Morgan fingerprint density at radius 2 is 1.21 bits per heavy atom. The lowest BCUT2D eigenvalue weighted by Crippen LogP contribution is -1.95. The van der Waals surface area contributed by atoms with Crippen molar-refractivity contribution in [1.29, 1.82) is 0 Å². The second-order valence-corrected chi connectivity index (χ2v) is 5.20. The number of benzene rings is 2. The van der Waals surface area contributed by atoms with Crippen LogP contribution in [0.1, 0.15) is 25.0 Å². The summed E-state index contributed by atoms with van der Waals surface area (Å²) in [7, 11) is 0. The second kappa shape index (κ2) is 7.32. The molecule has 0 saturated heterocycles. The fourth-order valence-corrected chi connectivity index (χ4v) is 2.14. The topological polar surface area (TPSA) is 26.0 Å². The summed E-state index contributed by atoms with van der Waals surface area (Å²) in [6, 6.07) is 17.3. The fourth-order valence-electron chi connectivity index (χ4n) is 2.14. The highest BCUT2D eigenvalue weighted by atomic mass is 35.5. The largest absolute Gasteiger partial charge is 0.326 e. The predicted molar refractivity (Wildman–Crippen MR) is 85.6 cm³/mol. The number of nitrogens with two attached hydrogens (primary N) is 1. The highest BCUT2D eigenvalue weighted by Gasteiger charge is 2.00. The van der Waals surface area contributed by atoms with Gasteiger partial charge in [-0.1, -0.05) is 62.4 Å². The van der Waals surface area contributed by atoms with Gasteiger partial charge in [0.05, 0.1) is 0 Å². The molecule has 2 heteroatoms. The van der Waals surface area contributed by atoms with Gasteiger partial charge in [0.25, 0.3) is 0 Å². The molecule has 0 bridgehead atoms. The summed E-state index contributed by atoms with van der Waals surface area (Å²) in [4.78, 5) is 0. The van der Waals surface area contributed by atoms with Gasteiger partial charge in [0.2, 0.25) is 0 Å². The molecule has 0 saturated carbocycles. The molecular formula is C17H22ClN. The van der Waals surface area contributed by atoms with Gasteiger partial charge in [0.15, 0.2) is 0 Å². The van der Waals surface area contributed by atoms with Crippen LogP contribution in [0.4, 0.5) is 0 Å². The van der Waals surface area contributed by atoms with Crippen molar-refractivity contribution in [2.24, 2.45) is 11.7 Å². The molecule has 102 valence electrons. The molecule has 0 aliphatic carbocycles. The first kappa shape index (κ1) is 15.7. The Morgan fingerprint density at radius 3 is 1.58 bits per heavy atom. The first-order valence-corrected chi connectivity index (χ1v) is 6.57. The quantitative estimate of drug-likeness (QED) is 0.877. The van der Waals surface area contributed by atoms with Gasteiger partial charge in [-0.05, 0) is 34.6 Å². The van der Waals surface area contributed by atoms with Crippen molar-refractivity contribution in [3.63, 3.8) is 0 Å². The maximum Gasteiger partial charge on any atom is 0.0178 e. The molecule has 2 rings (SSSR count). The van der Waals surface area contributed by atoms with Crippen molar-refractivity contribution in [2.45, 2.75) is 26.8 Å². The van der Waals surface area contributed by atoms with Gasteiger partial charge in [-0.25, -0.2) is 0 Å². The van der Waals surface area contributed by atoms with E-state index >= 15 is 0 Å². The van der Waals surface area contributed by atoms with E-state index < -0.39 is 0 Å². The molecule has 0 fully saturated rings. The van der Waals surface area contributed by atoms with Crippen LogP contribution in [0.25, 0.3) is 11.1 Å². The number of hydrogen-bond donors (Lipinski definition) is 1. The third kappa shape index (κ3) is 4.38. The smallest absolute Gasteiger partial charge is 0.0178 e. The first-order chi connectivity index (χ1) is 8.69. The molecule has 0 radical (unpaired) electrons. The molecule has 0 heterocycles. The molecular weight excluding hydrogens is 254 g/mol. The predicted octanol–water partition coefficient (Wildman–Crippen LogP) is 4.43. The second-order valence-electron chi connectivity index (χ2n) is 5.20. The molecule has 0 amide bonds. The van der Waals surface area contributed by atoms with Crippen molar-refractivity contribution in [3.8, 4) is 11.1 Å². The van der Waals surface area contributed by atoms with Crippen LogP contribution in [-0.4, -0.2) is 0 Å². The van der Waals surface area contributed by atoms with Crippen LogP contribution < -0.4 is 5.73 Å². The number of rotatable bonds is 4. The highest BCUT2D eigenvalue weighted by Crippen LogP contribution is 2.21. The lowest BCUT2D eigenvalue weighted by molar-refractivity contribution is 0.647. The molecule has 0 unspecified atom stereocenters. The standard InChI is InChI=1S/C17H21N.ClH/c1-13(2)11-14-3-7-16(8-4-14)17-9-5-15(12-18)6-10-17;/h3-10,13H,11-12,18H2,1-2H3;1H. The molecule has 2 aromatic carbocycles. The Hall–Kier alpha value is -1.31. The van der Waals surface area contributed by atoms with Gasteiger partial charge in [-0.15, -0.1) is 12.4 Å². The molecule has 1 nitrogen and oxygen atoms in total. The maximum atomic E-state index is 5.60. The molecule has 0 aromatic heterocycles. The Morgan fingerprint density at radius 1 is 0.789 bits per heavy atom. The zero-order valence-corrected chi connectivity index (χ0v) is 12.4. The van der Waals surface area contributed by atoms with Crippen LogP contribution >= 0.6 is 12.4 Å². The summed E-state index contributed by atoms with van der Waals surface area (Å²) in [6.45, 7) is 5.10. The monoisotopic (exact) mass is 275 g/mol. The zero-order valence-electron chi connectivity index (χ0n) is 11.6. The summed E-state index contributed by atoms with van der Waals surface area (Å²) in [6.07, 6.45) is 1.15. The van der Waals surface area contributed by atoms with E-state index in [0.29, 0.717) is 12.5 Å². The normalized spacial score (nSPS) is 10.3. The van der Waals surface area contributed by atoms with E-state index in [1.54, 1.807) is 0 Å². The molecule has 0 atom stereocenters. The van der Waals surface area contributed by atoms with Gasteiger partial charge >= 0.3 is 0 Å². The summed E-state index contributed by atoms with van der Waals surface area (Å²) < 4.78 is 0. The van der Waals surface area contributed by atoms with Crippen LogP contribution in [0, 0.1) is 5.92 Å². The van der Waals surface area contributed by atoms with Crippen LogP contribution in [0.3, 0.4) is 0 Å². The SMILES string of the molecule is CC(C)Cc1ccc(-c2ccc(CN)cc2)cc1.Cl. The lowest BCUT2D eigenvalue weighted by atomic mass is 9.99. The van der Waals surface area contributed by atoms with Crippen LogP contribution in [0.15, 0.2) is 48.5 Å². The minimum absolute atomic E-state index is 0. The van der Waals surface area contributed by atoms with E-state index in [0.717, 1.165) is 6.42 Å². The molecule has 2 aromatic rings. The fraction of sp³-hybridized carbons (Fsp3) is 0.294. The molecule has 0 aliphatic heterocycles. The van der Waals surface area contributed by atoms with E-state index in [1.165, 1.54) is 22.3 Å². The average Bonchev–Trinajstić information content (AvgIpc) is 2.39. The Balaban J connectivity index is 0.00000180. The maximum absolute atomic E-state index is 5.60. The molecule has 19 heavy (non-hydrogen) atoms. The third-order valence-corrected chi connectivity index (χ3v) is 3.12. The van der Waals surface area contributed by atoms with Crippen molar-refractivity contribution < 1.29 is 0 Å². The van der Waals surface area contributed by atoms with E-state index in [4.69, 9.17) is 5.73 Å². The van der Waals surface area contributed by atoms with Crippen molar-refractivity contribution in [2.75, 3.05) is 0 Å². The van der Waals surface area contributed by atoms with Gasteiger partial charge in [0.1, 0.15) is 0 Å². The van der Waals surface area contributed by atoms with Crippen molar-refractivity contribution in [1.82, 2.24) is 0 Å². The summed E-state index contributed by atoms with van der Waals surface area (Å²) in [5.41, 5.74) is 10.7. The summed E-state index contributed by atoms with van der Waals surface area (Å²) >= 11 is 0. The van der Waals surface area contributed by atoms with E-state index in [9.17, 15) is 0 Å². The van der Waals surface area contributed by atoms with Gasteiger partial charge < -0.3 is 5.73 Å². The highest BCUT2D eigenvalue weighted by molar-refractivity contribution is 5.85. The lowest BCUT2D eigenvalue weighted by Gasteiger charge is -2.07. The van der Waals surface area contributed by atoms with Gasteiger partial charge in [-0.2, -0.15) is 0 Å². The zero-order chi connectivity index (χ0) is 13.0. The van der Waals surface area contributed by atoms with Crippen molar-refractivity contribution in [3.05, 3.63) is 59.7 Å². The Labute approximate surface area is 122 Å².